The zero-order valence-electron chi connectivity index (χ0n) is 17.1. The van der Waals surface area contributed by atoms with Gasteiger partial charge in [-0.3, -0.25) is 0 Å². The van der Waals surface area contributed by atoms with Gasteiger partial charge in [-0.1, -0.05) is 31.2 Å². The molecule has 0 amide bonds. The van der Waals surface area contributed by atoms with Crippen LogP contribution in [0.1, 0.15) is 34.9 Å². The normalized spacial score (nSPS) is 30.2. The van der Waals surface area contributed by atoms with Crippen molar-refractivity contribution in [3.05, 3.63) is 64.3 Å². The number of fused-ring (bicyclic) bond motifs is 3. The second kappa shape index (κ2) is 7.90. The van der Waals surface area contributed by atoms with E-state index in [9.17, 15) is 20.4 Å². The topological polar surface area (TPSA) is 112 Å². The van der Waals surface area contributed by atoms with Crippen molar-refractivity contribution < 1.29 is 29.9 Å². The molecule has 3 heterocycles. The third-order valence-corrected chi connectivity index (χ3v) is 7.19. The van der Waals surface area contributed by atoms with Gasteiger partial charge >= 0.3 is 0 Å². The third kappa shape index (κ3) is 3.30. The number of hydrogen-bond donors (Lipinski definition) is 4. The van der Waals surface area contributed by atoms with Crippen molar-refractivity contribution in [1.82, 2.24) is 4.37 Å². The Labute approximate surface area is 183 Å². The molecule has 0 aliphatic carbocycles. The molecule has 0 radical (unpaired) electrons. The summed E-state index contributed by atoms with van der Waals surface area (Å²) in [5, 5.41) is 41.8. The fourth-order valence-electron chi connectivity index (χ4n) is 4.48. The molecule has 2 aromatic carbocycles. The summed E-state index contributed by atoms with van der Waals surface area (Å²) >= 11 is 1.41. The number of ether oxygens (including phenoxy) is 2. The third-order valence-electron chi connectivity index (χ3n) is 6.34. The Morgan fingerprint density at radius 3 is 2.55 bits per heavy atom. The minimum absolute atomic E-state index is 0.189. The van der Waals surface area contributed by atoms with E-state index in [0.29, 0.717) is 12.0 Å². The van der Waals surface area contributed by atoms with Gasteiger partial charge in [-0.2, -0.15) is 4.37 Å². The summed E-state index contributed by atoms with van der Waals surface area (Å²) < 4.78 is 17.4. The molecule has 7 nitrogen and oxygen atoms in total. The fourth-order valence-corrected chi connectivity index (χ4v) is 5.32. The highest BCUT2D eigenvalue weighted by molar-refractivity contribution is 7.13. The SMILES string of the molecule is CCc1ccc(Cc2nsc3cc4c(cc23)[C@]2(OC4)O[C@H](CO)[C@@H](O)[C@H](O)[C@H]2O)cc1. The Kier molecular flexibility index (Phi) is 5.34. The largest absolute Gasteiger partial charge is 0.394 e. The molecule has 31 heavy (non-hydrogen) atoms. The van der Waals surface area contributed by atoms with Gasteiger partial charge in [-0.05, 0) is 46.8 Å². The summed E-state index contributed by atoms with van der Waals surface area (Å²) in [5.74, 6) is -1.64. The van der Waals surface area contributed by atoms with Crippen molar-refractivity contribution in [3.8, 4) is 0 Å². The summed E-state index contributed by atoms with van der Waals surface area (Å²) in [6, 6.07) is 12.3. The lowest BCUT2D eigenvalue weighted by molar-refractivity contribution is -0.368. The zero-order chi connectivity index (χ0) is 21.8. The molecule has 0 saturated carbocycles. The lowest BCUT2D eigenvalue weighted by atomic mass is 9.87. The summed E-state index contributed by atoms with van der Waals surface area (Å²) in [6.07, 6.45) is -3.83. The summed E-state index contributed by atoms with van der Waals surface area (Å²) in [4.78, 5) is 0. The first-order chi connectivity index (χ1) is 15.0. The number of nitrogens with zero attached hydrogens (tertiary/aromatic N) is 1. The van der Waals surface area contributed by atoms with Crippen LogP contribution in [0.15, 0.2) is 36.4 Å². The highest BCUT2D eigenvalue weighted by atomic mass is 32.1. The molecule has 3 aromatic rings. The number of aromatic nitrogens is 1. The van der Waals surface area contributed by atoms with E-state index < -0.39 is 36.8 Å². The second-order valence-electron chi connectivity index (χ2n) is 8.20. The van der Waals surface area contributed by atoms with Gasteiger partial charge in [0.05, 0.1) is 23.6 Å². The molecule has 1 fully saturated rings. The van der Waals surface area contributed by atoms with E-state index in [0.717, 1.165) is 33.3 Å². The van der Waals surface area contributed by atoms with Crippen molar-refractivity contribution in [1.29, 1.82) is 0 Å². The monoisotopic (exact) mass is 443 g/mol. The van der Waals surface area contributed by atoms with Gasteiger partial charge in [-0.15, -0.1) is 0 Å². The lowest BCUT2D eigenvalue weighted by Crippen LogP contribution is -2.63. The number of aliphatic hydroxyl groups excluding tert-OH is 4. The van der Waals surface area contributed by atoms with Crippen LogP contribution in [0.3, 0.4) is 0 Å². The fraction of sp³-hybridized carbons (Fsp3) is 0.435. The summed E-state index contributed by atoms with van der Waals surface area (Å²) in [5.41, 5.74) is 4.78. The van der Waals surface area contributed by atoms with E-state index >= 15 is 0 Å². The maximum atomic E-state index is 10.8. The van der Waals surface area contributed by atoms with Gasteiger partial charge in [0.15, 0.2) is 0 Å². The molecule has 164 valence electrons. The zero-order valence-corrected chi connectivity index (χ0v) is 17.9. The van der Waals surface area contributed by atoms with Crippen LogP contribution in [0, 0.1) is 0 Å². The number of aliphatic hydroxyl groups is 4. The van der Waals surface area contributed by atoms with Crippen LogP contribution in [-0.4, -0.2) is 55.8 Å². The molecule has 5 rings (SSSR count). The first kappa shape index (κ1) is 21.0. The number of benzene rings is 2. The molecule has 2 aliphatic rings. The molecule has 0 bridgehead atoms. The average molecular weight is 444 g/mol. The molecule has 1 saturated heterocycles. The molecule has 2 aliphatic heterocycles. The van der Waals surface area contributed by atoms with Crippen LogP contribution < -0.4 is 0 Å². The second-order valence-corrected chi connectivity index (χ2v) is 9.01. The highest BCUT2D eigenvalue weighted by Crippen LogP contribution is 2.47. The van der Waals surface area contributed by atoms with E-state index in [1.807, 2.05) is 12.1 Å². The van der Waals surface area contributed by atoms with Gasteiger partial charge in [0.25, 0.3) is 0 Å². The Hall–Kier alpha value is -1.91. The van der Waals surface area contributed by atoms with Gasteiger partial charge in [-0.25, -0.2) is 0 Å². The Bertz CT molecular complexity index is 1100. The molecule has 5 atom stereocenters. The Balaban J connectivity index is 1.55. The molecule has 1 spiro atoms. The van der Waals surface area contributed by atoms with Gasteiger partial charge < -0.3 is 29.9 Å². The number of rotatable bonds is 4. The van der Waals surface area contributed by atoms with Gasteiger partial charge in [0.1, 0.15) is 24.4 Å². The molecular formula is C23H25NO6S. The van der Waals surface area contributed by atoms with Crippen LogP contribution >= 0.6 is 11.5 Å². The first-order valence-electron chi connectivity index (χ1n) is 10.4. The van der Waals surface area contributed by atoms with Crippen molar-refractivity contribution >= 4 is 21.6 Å². The minimum Gasteiger partial charge on any atom is -0.394 e. The molecule has 1 aromatic heterocycles. The van der Waals surface area contributed by atoms with Crippen molar-refractivity contribution in [3.63, 3.8) is 0 Å². The smallest absolute Gasteiger partial charge is 0.225 e. The first-order valence-corrected chi connectivity index (χ1v) is 11.2. The van der Waals surface area contributed by atoms with Gasteiger partial charge in [0.2, 0.25) is 5.79 Å². The van der Waals surface area contributed by atoms with Crippen molar-refractivity contribution in [2.75, 3.05) is 6.61 Å². The van der Waals surface area contributed by atoms with Crippen molar-refractivity contribution in [2.45, 2.75) is 56.6 Å². The number of hydrogen-bond acceptors (Lipinski definition) is 8. The molecular weight excluding hydrogens is 418 g/mol. The van der Waals surface area contributed by atoms with E-state index in [2.05, 4.69) is 35.6 Å². The number of aryl methyl sites for hydroxylation is 1. The molecule has 4 N–H and O–H groups in total. The van der Waals surface area contributed by atoms with Crippen LogP contribution in [-0.2, 0) is 34.7 Å². The molecule has 0 unspecified atom stereocenters. The predicted octanol–water partition coefficient (Wildman–Crippen LogP) is 1.61. The lowest BCUT2D eigenvalue weighted by Gasteiger charge is -2.46. The maximum Gasteiger partial charge on any atom is 0.225 e. The summed E-state index contributed by atoms with van der Waals surface area (Å²) in [7, 11) is 0. The summed E-state index contributed by atoms with van der Waals surface area (Å²) in [6.45, 7) is 1.81. The van der Waals surface area contributed by atoms with Crippen LogP contribution in [0.2, 0.25) is 0 Å². The molecule has 8 heteroatoms. The quantitative estimate of drug-likeness (QED) is 0.485. The standard InChI is InChI=1S/C23H25NO6S/c1-2-12-3-5-13(6-4-12)7-17-15-9-16-14(8-19(15)31-24-17)11-29-23(16)22(28)21(27)20(26)18(10-25)30-23/h3-6,8-9,18,20-22,25-28H,2,7,10-11H2,1H3/t18-,20-,21+,22-,23+/m1/s1. The Morgan fingerprint density at radius 2 is 1.84 bits per heavy atom. The van der Waals surface area contributed by atoms with E-state index in [4.69, 9.17) is 9.47 Å². The van der Waals surface area contributed by atoms with Crippen LogP contribution in [0.4, 0.5) is 0 Å². The van der Waals surface area contributed by atoms with Crippen LogP contribution in [0.5, 0.6) is 0 Å². The van der Waals surface area contributed by atoms with Crippen LogP contribution in [0.25, 0.3) is 10.1 Å². The van der Waals surface area contributed by atoms with Crippen molar-refractivity contribution in [2.24, 2.45) is 0 Å². The minimum atomic E-state index is -1.64. The van der Waals surface area contributed by atoms with E-state index in [1.165, 1.54) is 17.1 Å². The van der Waals surface area contributed by atoms with E-state index in [-0.39, 0.29) is 6.61 Å². The Morgan fingerprint density at radius 1 is 1.10 bits per heavy atom. The average Bonchev–Trinajstić information content (AvgIpc) is 3.35. The van der Waals surface area contributed by atoms with E-state index in [1.54, 1.807) is 0 Å². The highest BCUT2D eigenvalue weighted by Gasteiger charge is 2.58. The predicted molar refractivity (Wildman–Crippen MR) is 115 cm³/mol. The maximum absolute atomic E-state index is 10.8. The van der Waals surface area contributed by atoms with Gasteiger partial charge in [0, 0.05) is 17.4 Å².